The maximum atomic E-state index is 4.69. The minimum Gasteiger partial charge on any atom is -0.350 e. The van der Waals surface area contributed by atoms with Gasteiger partial charge in [-0.25, -0.2) is 0 Å². The lowest BCUT2D eigenvalue weighted by atomic mass is 9.93. The van der Waals surface area contributed by atoms with E-state index in [9.17, 15) is 0 Å². The first-order chi connectivity index (χ1) is 12.8. The van der Waals surface area contributed by atoms with Crippen molar-refractivity contribution in [3.05, 3.63) is 79.1 Å². The molecule has 122 valence electrons. The average Bonchev–Trinajstić information content (AvgIpc) is 3.09. The van der Waals surface area contributed by atoms with Crippen LogP contribution in [0.2, 0.25) is 0 Å². The van der Waals surface area contributed by atoms with E-state index >= 15 is 0 Å². The van der Waals surface area contributed by atoms with Crippen molar-refractivity contribution in [1.82, 2.24) is 9.55 Å². The molecule has 0 saturated heterocycles. The highest BCUT2D eigenvalue weighted by atomic mass is 14.9. The van der Waals surface area contributed by atoms with Crippen LogP contribution in [0.3, 0.4) is 0 Å². The highest BCUT2D eigenvalue weighted by molar-refractivity contribution is 6.31. The standard InChI is InChI=1S/C24H16N2/c1-26-14-12-21-23-20(7-4-13-25-23)19-11-10-17-16-6-3-2-5-15(16)8-9-18(17)22(19)24(21)26/h2-14H,1H3. The van der Waals surface area contributed by atoms with Crippen LogP contribution in [0.15, 0.2) is 79.1 Å². The van der Waals surface area contributed by atoms with Crippen molar-refractivity contribution in [2.24, 2.45) is 7.05 Å². The molecule has 2 heterocycles. The number of rotatable bonds is 0. The molecule has 26 heavy (non-hydrogen) atoms. The molecule has 2 heteroatoms. The van der Waals surface area contributed by atoms with Crippen molar-refractivity contribution in [3.63, 3.8) is 0 Å². The molecule has 0 atom stereocenters. The van der Waals surface area contributed by atoms with E-state index in [0.717, 1.165) is 5.52 Å². The van der Waals surface area contributed by atoms with Gasteiger partial charge in [-0.2, -0.15) is 0 Å². The molecule has 0 aliphatic carbocycles. The van der Waals surface area contributed by atoms with E-state index in [1.807, 2.05) is 12.3 Å². The fourth-order valence-electron chi connectivity index (χ4n) is 4.44. The summed E-state index contributed by atoms with van der Waals surface area (Å²) in [6, 6.07) is 24.1. The monoisotopic (exact) mass is 332 g/mol. The Labute approximate surface area is 150 Å². The highest BCUT2D eigenvalue weighted by Crippen LogP contribution is 2.39. The summed E-state index contributed by atoms with van der Waals surface area (Å²) in [6.45, 7) is 0. The first-order valence-electron chi connectivity index (χ1n) is 8.89. The van der Waals surface area contributed by atoms with E-state index in [1.54, 1.807) is 0 Å². The van der Waals surface area contributed by atoms with Crippen molar-refractivity contribution >= 4 is 54.1 Å². The van der Waals surface area contributed by atoms with Crippen LogP contribution in [0.4, 0.5) is 0 Å². The second-order valence-corrected chi connectivity index (χ2v) is 6.96. The lowest BCUT2D eigenvalue weighted by Crippen LogP contribution is -1.90. The number of aryl methyl sites for hydroxylation is 1. The SMILES string of the molecule is Cn1ccc2c3ncccc3c3ccc4c5ccccc5ccc4c3c21. The highest BCUT2D eigenvalue weighted by Gasteiger charge is 2.14. The molecule has 0 unspecified atom stereocenters. The van der Waals surface area contributed by atoms with Gasteiger partial charge < -0.3 is 4.57 Å². The van der Waals surface area contributed by atoms with Gasteiger partial charge in [0, 0.05) is 35.6 Å². The van der Waals surface area contributed by atoms with E-state index in [4.69, 9.17) is 0 Å². The molecular formula is C24H16N2. The Morgan fingerprint density at radius 1 is 0.654 bits per heavy atom. The quantitative estimate of drug-likeness (QED) is 0.303. The number of hydrogen-bond donors (Lipinski definition) is 0. The second-order valence-electron chi connectivity index (χ2n) is 6.96. The Morgan fingerprint density at radius 3 is 2.38 bits per heavy atom. The van der Waals surface area contributed by atoms with Crippen LogP contribution < -0.4 is 0 Å². The predicted molar refractivity (Wildman–Crippen MR) is 111 cm³/mol. The molecule has 0 spiro atoms. The molecule has 6 rings (SSSR count). The number of benzene rings is 4. The van der Waals surface area contributed by atoms with Gasteiger partial charge in [-0.1, -0.05) is 54.6 Å². The van der Waals surface area contributed by atoms with E-state index in [1.165, 1.54) is 48.6 Å². The van der Waals surface area contributed by atoms with Crippen molar-refractivity contribution in [1.29, 1.82) is 0 Å². The zero-order valence-corrected chi connectivity index (χ0v) is 14.4. The van der Waals surface area contributed by atoms with Gasteiger partial charge in [0.05, 0.1) is 11.0 Å². The molecule has 0 saturated carbocycles. The number of nitrogens with zero attached hydrogens (tertiary/aromatic N) is 2. The normalized spacial score (nSPS) is 12.0. The van der Waals surface area contributed by atoms with E-state index in [2.05, 4.69) is 83.5 Å². The van der Waals surface area contributed by atoms with Gasteiger partial charge in [0.2, 0.25) is 0 Å². The first-order valence-corrected chi connectivity index (χ1v) is 8.89. The molecule has 2 aromatic heterocycles. The number of aromatic nitrogens is 2. The molecular weight excluding hydrogens is 316 g/mol. The van der Waals surface area contributed by atoms with Gasteiger partial charge in [-0.05, 0) is 39.1 Å². The Balaban J connectivity index is 2.00. The predicted octanol–water partition coefficient (Wildman–Crippen LogP) is 6.19. The Morgan fingerprint density at radius 2 is 1.42 bits per heavy atom. The summed E-state index contributed by atoms with van der Waals surface area (Å²) in [5.41, 5.74) is 2.34. The van der Waals surface area contributed by atoms with Crippen LogP contribution in [0.1, 0.15) is 0 Å². The summed E-state index contributed by atoms with van der Waals surface area (Å²) in [4.78, 5) is 4.69. The summed E-state index contributed by atoms with van der Waals surface area (Å²) in [5.74, 6) is 0. The van der Waals surface area contributed by atoms with Crippen LogP contribution in [0, 0.1) is 0 Å². The Bertz CT molecular complexity index is 1490. The molecule has 0 aliphatic heterocycles. The number of fused-ring (bicyclic) bond motifs is 10. The molecule has 0 bridgehead atoms. The summed E-state index contributed by atoms with van der Waals surface area (Å²) in [6.07, 6.45) is 4.02. The molecule has 6 aromatic rings. The Kier molecular flexibility index (Phi) is 2.57. The third-order valence-electron chi connectivity index (χ3n) is 5.59. The van der Waals surface area contributed by atoms with Gasteiger partial charge in [0.15, 0.2) is 0 Å². The van der Waals surface area contributed by atoms with Crippen molar-refractivity contribution < 1.29 is 0 Å². The lowest BCUT2D eigenvalue weighted by molar-refractivity contribution is 0.973. The minimum absolute atomic E-state index is 1.08. The first kappa shape index (κ1) is 13.9. The van der Waals surface area contributed by atoms with E-state index in [0.29, 0.717) is 0 Å². The molecule has 0 fully saturated rings. The molecule has 4 aromatic carbocycles. The van der Waals surface area contributed by atoms with Gasteiger partial charge >= 0.3 is 0 Å². The molecule has 0 N–H and O–H groups in total. The smallest absolute Gasteiger partial charge is 0.0802 e. The third kappa shape index (κ3) is 1.64. The largest absolute Gasteiger partial charge is 0.350 e. The van der Waals surface area contributed by atoms with Crippen molar-refractivity contribution in [2.75, 3.05) is 0 Å². The zero-order valence-electron chi connectivity index (χ0n) is 14.4. The number of hydrogen-bond acceptors (Lipinski definition) is 1. The Hall–Kier alpha value is -3.39. The zero-order chi connectivity index (χ0) is 17.3. The van der Waals surface area contributed by atoms with Crippen LogP contribution in [0.5, 0.6) is 0 Å². The topological polar surface area (TPSA) is 17.8 Å². The van der Waals surface area contributed by atoms with Gasteiger partial charge in [-0.3, -0.25) is 4.98 Å². The molecule has 2 nitrogen and oxygen atoms in total. The van der Waals surface area contributed by atoms with Crippen LogP contribution in [-0.2, 0) is 7.05 Å². The second kappa shape index (κ2) is 4.83. The summed E-state index contributed by atoms with van der Waals surface area (Å²) >= 11 is 0. The average molecular weight is 332 g/mol. The summed E-state index contributed by atoms with van der Waals surface area (Å²) < 4.78 is 2.22. The molecule has 0 radical (unpaired) electrons. The van der Waals surface area contributed by atoms with Crippen molar-refractivity contribution in [3.8, 4) is 0 Å². The fraction of sp³-hybridized carbons (Fsp3) is 0.0417. The minimum atomic E-state index is 1.08. The fourth-order valence-corrected chi connectivity index (χ4v) is 4.44. The number of pyridine rings is 1. The maximum absolute atomic E-state index is 4.69. The maximum Gasteiger partial charge on any atom is 0.0802 e. The van der Waals surface area contributed by atoms with Gasteiger partial charge in [0.25, 0.3) is 0 Å². The summed E-state index contributed by atoms with van der Waals surface area (Å²) in [7, 11) is 2.12. The molecule has 0 amide bonds. The van der Waals surface area contributed by atoms with Crippen molar-refractivity contribution in [2.45, 2.75) is 0 Å². The van der Waals surface area contributed by atoms with E-state index in [-0.39, 0.29) is 0 Å². The summed E-state index contributed by atoms with van der Waals surface area (Å²) in [5, 5.41) is 10.2. The van der Waals surface area contributed by atoms with Gasteiger partial charge in [-0.15, -0.1) is 0 Å². The van der Waals surface area contributed by atoms with Gasteiger partial charge in [0.1, 0.15) is 0 Å². The molecule has 0 aliphatic rings. The van der Waals surface area contributed by atoms with E-state index < -0.39 is 0 Å². The van der Waals surface area contributed by atoms with Crippen LogP contribution in [-0.4, -0.2) is 9.55 Å². The van der Waals surface area contributed by atoms with Crippen LogP contribution in [0.25, 0.3) is 54.1 Å². The third-order valence-corrected chi connectivity index (χ3v) is 5.59. The van der Waals surface area contributed by atoms with Crippen LogP contribution >= 0.6 is 0 Å². The lowest BCUT2D eigenvalue weighted by Gasteiger charge is -2.12.